The van der Waals surface area contributed by atoms with Crippen LogP contribution >= 0.6 is 23.2 Å². The molecule has 1 saturated heterocycles. The van der Waals surface area contributed by atoms with Crippen LogP contribution in [0.15, 0.2) is 40.5 Å². The highest BCUT2D eigenvalue weighted by Gasteiger charge is 2.27. The number of anilines is 1. The molecule has 1 fully saturated rings. The van der Waals surface area contributed by atoms with Crippen molar-refractivity contribution in [1.82, 2.24) is 19.5 Å². The van der Waals surface area contributed by atoms with Gasteiger partial charge >= 0.3 is 0 Å². The van der Waals surface area contributed by atoms with Gasteiger partial charge in [-0.3, -0.25) is 9.36 Å². The van der Waals surface area contributed by atoms with Crippen molar-refractivity contribution in [2.24, 2.45) is 5.11 Å². The molecule has 1 aromatic carbocycles. The number of hydrogen-bond acceptors (Lipinski definition) is 9. The Morgan fingerprint density at radius 3 is 2.68 bits per heavy atom. The molecule has 0 bridgehead atoms. The summed E-state index contributed by atoms with van der Waals surface area (Å²) < 4.78 is 17.6. The maximum Gasteiger partial charge on any atom is 0.267 e. The normalized spacial score (nSPS) is 17.4. The zero-order valence-corrected chi connectivity index (χ0v) is 21.2. The summed E-state index contributed by atoms with van der Waals surface area (Å²) in [5.74, 6) is 0.797. The SMILES string of the molecule is COc1cc(OC)c(Cl)c(-n2c(=O)c3cnc(N[C@@H]4COCC[C@@H]4N=[N+]=[N-])nc3c3cccnc32)c1Cl. The summed E-state index contributed by atoms with van der Waals surface area (Å²) in [6.07, 6.45) is 3.54. The third-order valence-corrected chi connectivity index (χ3v) is 6.81. The molecule has 1 aliphatic heterocycles. The summed E-state index contributed by atoms with van der Waals surface area (Å²) in [5, 5.41) is 8.02. The number of rotatable bonds is 6. The Balaban J connectivity index is 1.73. The first kappa shape index (κ1) is 24.8. The Kier molecular flexibility index (Phi) is 6.90. The van der Waals surface area contributed by atoms with Gasteiger partial charge in [0.05, 0.1) is 49.5 Å². The van der Waals surface area contributed by atoms with E-state index in [1.807, 2.05) is 0 Å². The number of ether oxygens (including phenoxy) is 3. The first-order chi connectivity index (χ1) is 18.0. The minimum absolute atomic E-state index is 0.113. The lowest BCUT2D eigenvalue weighted by atomic mass is 10.1. The molecule has 0 spiro atoms. The molecule has 2 atom stereocenters. The summed E-state index contributed by atoms with van der Waals surface area (Å²) in [7, 11) is 2.90. The lowest BCUT2D eigenvalue weighted by molar-refractivity contribution is 0.0767. The van der Waals surface area contributed by atoms with E-state index in [-0.39, 0.29) is 56.3 Å². The molecular weight excluding hydrogens is 523 g/mol. The van der Waals surface area contributed by atoms with Gasteiger partial charge in [-0.2, -0.15) is 0 Å². The van der Waals surface area contributed by atoms with E-state index in [1.165, 1.54) is 31.0 Å². The number of hydrogen-bond donors (Lipinski definition) is 1. The van der Waals surface area contributed by atoms with Crippen LogP contribution in [-0.4, -0.2) is 59.0 Å². The Hall–Kier alpha value is -3.83. The van der Waals surface area contributed by atoms with Crippen molar-refractivity contribution in [3.05, 3.63) is 61.4 Å². The van der Waals surface area contributed by atoms with Crippen LogP contribution in [0, 0.1) is 0 Å². The number of aromatic nitrogens is 4. The molecule has 190 valence electrons. The van der Waals surface area contributed by atoms with Crippen LogP contribution in [0.25, 0.3) is 38.1 Å². The van der Waals surface area contributed by atoms with Crippen LogP contribution in [0.1, 0.15) is 6.42 Å². The molecule has 12 nitrogen and oxygen atoms in total. The van der Waals surface area contributed by atoms with Gasteiger partial charge in [-0.1, -0.05) is 28.3 Å². The molecule has 37 heavy (non-hydrogen) atoms. The van der Waals surface area contributed by atoms with E-state index in [0.717, 1.165) is 0 Å². The van der Waals surface area contributed by atoms with E-state index in [2.05, 4.69) is 30.3 Å². The molecule has 4 aromatic rings. The molecule has 0 unspecified atom stereocenters. The van der Waals surface area contributed by atoms with Gasteiger partial charge in [-0.25, -0.2) is 15.0 Å². The molecule has 1 N–H and O–H groups in total. The maximum atomic E-state index is 13.8. The molecule has 1 aliphatic rings. The number of halogens is 2. The monoisotopic (exact) mass is 542 g/mol. The third-order valence-electron chi connectivity index (χ3n) is 6.08. The van der Waals surface area contributed by atoms with E-state index in [1.54, 1.807) is 18.3 Å². The number of azide groups is 1. The minimum atomic E-state index is -0.486. The molecule has 5 rings (SSSR count). The van der Waals surface area contributed by atoms with Crippen LogP contribution in [0.4, 0.5) is 5.95 Å². The van der Waals surface area contributed by atoms with Crippen LogP contribution in [0.2, 0.25) is 10.0 Å². The van der Waals surface area contributed by atoms with Gasteiger partial charge in [0.15, 0.2) is 0 Å². The van der Waals surface area contributed by atoms with Crippen LogP contribution < -0.4 is 20.3 Å². The molecule has 3 aromatic heterocycles. The van der Waals surface area contributed by atoms with Gasteiger partial charge in [-0.15, -0.1) is 0 Å². The van der Waals surface area contributed by atoms with E-state index in [0.29, 0.717) is 30.5 Å². The first-order valence-electron chi connectivity index (χ1n) is 11.1. The molecule has 0 saturated carbocycles. The summed E-state index contributed by atoms with van der Waals surface area (Å²) >= 11 is 13.3. The fourth-order valence-corrected chi connectivity index (χ4v) is 4.97. The van der Waals surface area contributed by atoms with Crippen molar-refractivity contribution in [3.63, 3.8) is 0 Å². The number of nitrogens with zero attached hydrogens (tertiary/aromatic N) is 7. The second kappa shape index (κ2) is 10.3. The van der Waals surface area contributed by atoms with Gasteiger partial charge in [0.25, 0.3) is 5.56 Å². The Labute approximate surface area is 219 Å². The highest BCUT2D eigenvalue weighted by molar-refractivity contribution is 6.39. The minimum Gasteiger partial charge on any atom is -0.495 e. The number of nitrogens with one attached hydrogen (secondary N) is 1. The highest BCUT2D eigenvalue weighted by Crippen LogP contribution is 2.43. The van der Waals surface area contributed by atoms with E-state index >= 15 is 0 Å². The molecule has 0 radical (unpaired) electrons. The van der Waals surface area contributed by atoms with E-state index in [4.69, 9.17) is 42.9 Å². The molecule has 0 aliphatic carbocycles. The van der Waals surface area contributed by atoms with Gasteiger partial charge < -0.3 is 19.5 Å². The average molecular weight is 543 g/mol. The largest absolute Gasteiger partial charge is 0.495 e. The number of fused-ring (bicyclic) bond motifs is 3. The highest BCUT2D eigenvalue weighted by atomic mass is 35.5. The number of benzene rings is 1. The summed E-state index contributed by atoms with van der Waals surface area (Å²) in [6.45, 7) is 0.820. The van der Waals surface area contributed by atoms with Crippen molar-refractivity contribution in [1.29, 1.82) is 0 Å². The standard InChI is InChI=1S/C23H20Cl2N8O4/c1-35-15-8-16(36-2)18(25)20(17(15)24)33-21-11(4-3-6-27-21)19-12(22(33)34)9-28-23(30-19)29-14-10-37-7-5-13(14)31-32-26/h3-4,6,8-9,13-14H,5,7,10H2,1-2H3,(H,28,29,30)/t13-,14+/m0/s1. The Morgan fingerprint density at radius 2 is 1.97 bits per heavy atom. The smallest absolute Gasteiger partial charge is 0.267 e. The maximum absolute atomic E-state index is 13.8. The molecule has 4 heterocycles. The average Bonchev–Trinajstić information content (AvgIpc) is 2.92. The second-order valence-electron chi connectivity index (χ2n) is 8.12. The van der Waals surface area contributed by atoms with Crippen molar-refractivity contribution in [2.45, 2.75) is 18.5 Å². The number of methoxy groups -OCH3 is 2. The zero-order chi connectivity index (χ0) is 26.1. The molecular formula is C23H20Cl2N8O4. The summed E-state index contributed by atoms with van der Waals surface area (Å²) in [4.78, 5) is 30.2. The van der Waals surface area contributed by atoms with Crippen molar-refractivity contribution >= 4 is 51.1 Å². The van der Waals surface area contributed by atoms with Crippen molar-refractivity contribution in [3.8, 4) is 17.2 Å². The number of pyridine rings is 2. The fraction of sp³-hybridized carbons (Fsp3) is 0.304. The quantitative estimate of drug-likeness (QED) is 0.161. The summed E-state index contributed by atoms with van der Waals surface area (Å²) in [5.41, 5.74) is 9.22. The van der Waals surface area contributed by atoms with Crippen molar-refractivity contribution < 1.29 is 14.2 Å². The third kappa shape index (κ3) is 4.34. The topological polar surface area (TPSA) is 149 Å². The molecule has 0 amide bonds. The molecule has 14 heteroatoms. The van der Waals surface area contributed by atoms with Crippen LogP contribution in [0.3, 0.4) is 0 Å². The van der Waals surface area contributed by atoms with Crippen molar-refractivity contribution in [2.75, 3.05) is 32.8 Å². The van der Waals surface area contributed by atoms with Crippen LogP contribution in [-0.2, 0) is 4.74 Å². The lowest BCUT2D eigenvalue weighted by Gasteiger charge is -2.29. The predicted octanol–water partition coefficient (Wildman–Crippen LogP) is 4.53. The van der Waals surface area contributed by atoms with Gasteiger partial charge in [0, 0.05) is 35.4 Å². The predicted molar refractivity (Wildman–Crippen MR) is 139 cm³/mol. The van der Waals surface area contributed by atoms with Gasteiger partial charge in [0.2, 0.25) is 5.95 Å². The second-order valence-corrected chi connectivity index (χ2v) is 8.87. The fourth-order valence-electron chi connectivity index (χ4n) is 4.30. The van der Waals surface area contributed by atoms with E-state index in [9.17, 15) is 4.79 Å². The zero-order valence-electron chi connectivity index (χ0n) is 19.7. The van der Waals surface area contributed by atoms with Gasteiger partial charge in [0.1, 0.15) is 27.2 Å². The summed E-state index contributed by atoms with van der Waals surface area (Å²) in [6, 6.07) is 4.40. The van der Waals surface area contributed by atoms with Crippen LogP contribution in [0.5, 0.6) is 11.5 Å². The van der Waals surface area contributed by atoms with E-state index < -0.39 is 5.56 Å². The first-order valence-corrected chi connectivity index (χ1v) is 11.9. The lowest BCUT2D eigenvalue weighted by Crippen LogP contribution is -2.41. The Morgan fingerprint density at radius 1 is 1.22 bits per heavy atom. The Bertz CT molecular complexity index is 1590. The van der Waals surface area contributed by atoms with Gasteiger partial charge in [-0.05, 0) is 24.1 Å².